The fraction of sp³-hybridized carbons (Fsp3) is 0.238. The van der Waals surface area contributed by atoms with Crippen LogP contribution in [0.5, 0.6) is 11.5 Å². The van der Waals surface area contributed by atoms with Crippen LogP contribution >= 0.6 is 27.5 Å². The number of aromatic nitrogens is 2. The number of benzene rings is 2. The Bertz CT molecular complexity index is 1000. The molecule has 6 nitrogen and oxygen atoms in total. The van der Waals surface area contributed by atoms with Crippen molar-refractivity contribution in [1.82, 2.24) is 14.9 Å². The van der Waals surface area contributed by atoms with Gasteiger partial charge in [0, 0.05) is 28.9 Å². The largest absolute Gasteiger partial charge is 0.493 e. The van der Waals surface area contributed by atoms with Crippen LogP contribution in [-0.4, -0.2) is 29.7 Å². The molecule has 0 aliphatic rings. The third-order valence-electron chi connectivity index (χ3n) is 4.53. The summed E-state index contributed by atoms with van der Waals surface area (Å²) in [6.07, 6.45) is 3.71. The van der Waals surface area contributed by atoms with Gasteiger partial charge in [0.1, 0.15) is 11.9 Å². The Morgan fingerprint density at radius 1 is 1.21 bits per heavy atom. The molecule has 0 aliphatic heterocycles. The molecule has 0 radical (unpaired) electrons. The van der Waals surface area contributed by atoms with Gasteiger partial charge in [-0.05, 0) is 35.4 Å². The Morgan fingerprint density at radius 2 is 1.86 bits per heavy atom. The van der Waals surface area contributed by atoms with E-state index in [9.17, 15) is 4.79 Å². The number of hydrogen-bond donors (Lipinski definition) is 1. The first-order valence-electron chi connectivity index (χ1n) is 8.85. The maximum atomic E-state index is 12.9. The normalized spacial score (nSPS) is 11.8. The molecule has 1 heterocycles. The van der Waals surface area contributed by atoms with Crippen molar-refractivity contribution in [2.45, 2.75) is 12.5 Å². The van der Waals surface area contributed by atoms with Crippen molar-refractivity contribution in [3.8, 4) is 11.5 Å². The van der Waals surface area contributed by atoms with E-state index in [0.717, 1.165) is 21.4 Å². The molecule has 1 unspecified atom stereocenters. The third kappa shape index (κ3) is 4.92. The SMILES string of the molecule is COc1cc(Br)c(CC(=O)NC(c2ccc(Cl)cc2)c2nccn2C)cc1OC. The predicted molar refractivity (Wildman–Crippen MR) is 116 cm³/mol. The number of halogens is 2. The van der Waals surface area contributed by atoms with E-state index in [1.807, 2.05) is 29.9 Å². The van der Waals surface area contributed by atoms with E-state index >= 15 is 0 Å². The quantitative estimate of drug-likeness (QED) is 0.550. The van der Waals surface area contributed by atoms with Crippen LogP contribution in [0.15, 0.2) is 53.3 Å². The molecule has 0 aliphatic carbocycles. The molecular formula is C21H21BrClN3O3. The first kappa shape index (κ1) is 21.2. The van der Waals surface area contributed by atoms with Crippen molar-refractivity contribution in [1.29, 1.82) is 0 Å². The highest BCUT2D eigenvalue weighted by Crippen LogP contribution is 2.33. The molecule has 0 bridgehead atoms. The first-order valence-corrected chi connectivity index (χ1v) is 10.0. The molecule has 3 aromatic rings. The Morgan fingerprint density at radius 3 is 2.45 bits per heavy atom. The molecule has 1 amide bonds. The van der Waals surface area contributed by atoms with Crippen LogP contribution in [0.1, 0.15) is 23.0 Å². The van der Waals surface area contributed by atoms with Gasteiger partial charge in [-0.15, -0.1) is 0 Å². The number of hydrogen-bond acceptors (Lipinski definition) is 4. The first-order chi connectivity index (χ1) is 13.9. The van der Waals surface area contributed by atoms with Crippen molar-refractivity contribution in [3.05, 3.63) is 75.2 Å². The Hall–Kier alpha value is -2.51. The zero-order valence-electron chi connectivity index (χ0n) is 16.3. The van der Waals surface area contributed by atoms with Gasteiger partial charge in [-0.3, -0.25) is 4.79 Å². The number of nitrogens with zero attached hydrogens (tertiary/aromatic N) is 2. The van der Waals surface area contributed by atoms with Crippen molar-refractivity contribution in [2.75, 3.05) is 14.2 Å². The molecule has 8 heteroatoms. The van der Waals surface area contributed by atoms with Gasteiger partial charge in [0.15, 0.2) is 11.5 Å². The predicted octanol–water partition coefficient (Wildman–Crippen LogP) is 4.30. The van der Waals surface area contributed by atoms with Gasteiger partial charge in [-0.25, -0.2) is 4.98 Å². The highest BCUT2D eigenvalue weighted by molar-refractivity contribution is 9.10. The minimum Gasteiger partial charge on any atom is -0.493 e. The van der Waals surface area contributed by atoms with Gasteiger partial charge in [0.25, 0.3) is 0 Å². The van der Waals surface area contributed by atoms with Gasteiger partial charge in [0.05, 0.1) is 20.6 Å². The standard InChI is InChI=1S/C21H21BrClN3O3/c1-26-9-8-24-21(26)20(13-4-6-15(23)7-5-13)25-19(27)11-14-10-17(28-2)18(29-3)12-16(14)22/h4-10,12,20H,11H2,1-3H3,(H,25,27). The Kier molecular flexibility index (Phi) is 6.82. The number of amides is 1. The second-order valence-corrected chi connectivity index (χ2v) is 7.71. The van der Waals surface area contributed by atoms with E-state index in [1.54, 1.807) is 44.7 Å². The summed E-state index contributed by atoms with van der Waals surface area (Å²) in [5.41, 5.74) is 1.68. The van der Waals surface area contributed by atoms with E-state index in [4.69, 9.17) is 21.1 Å². The van der Waals surface area contributed by atoms with Gasteiger partial charge in [-0.1, -0.05) is 39.7 Å². The Balaban J connectivity index is 1.86. The van der Waals surface area contributed by atoms with Crippen LogP contribution in [0.3, 0.4) is 0 Å². The van der Waals surface area contributed by atoms with E-state index in [0.29, 0.717) is 16.5 Å². The van der Waals surface area contributed by atoms with Gasteiger partial charge in [0.2, 0.25) is 5.91 Å². The summed E-state index contributed by atoms with van der Waals surface area (Å²) in [7, 11) is 5.02. The third-order valence-corrected chi connectivity index (χ3v) is 5.52. The minimum absolute atomic E-state index is 0.152. The maximum absolute atomic E-state index is 12.9. The number of methoxy groups -OCH3 is 2. The highest BCUT2D eigenvalue weighted by atomic mass is 79.9. The monoisotopic (exact) mass is 477 g/mol. The summed E-state index contributed by atoms with van der Waals surface area (Å²) >= 11 is 9.52. The maximum Gasteiger partial charge on any atom is 0.225 e. The lowest BCUT2D eigenvalue weighted by atomic mass is 10.0. The second kappa shape index (κ2) is 9.33. The lowest BCUT2D eigenvalue weighted by molar-refractivity contribution is -0.121. The van der Waals surface area contributed by atoms with E-state index in [2.05, 4.69) is 26.2 Å². The van der Waals surface area contributed by atoms with Crippen LogP contribution in [0.25, 0.3) is 0 Å². The summed E-state index contributed by atoms with van der Waals surface area (Å²) in [4.78, 5) is 17.3. The molecule has 0 spiro atoms. The van der Waals surface area contributed by atoms with Crippen LogP contribution in [0.4, 0.5) is 0 Å². The number of aryl methyl sites for hydroxylation is 1. The van der Waals surface area contributed by atoms with Crippen molar-refractivity contribution in [3.63, 3.8) is 0 Å². The smallest absolute Gasteiger partial charge is 0.225 e. The summed E-state index contributed by atoms with van der Waals surface area (Å²) in [6.45, 7) is 0. The van der Waals surface area contributed by atoms with E-state index in [1.165, 1.54) is 0 Å². The average Bonchev–Trinajstić information content (AvgIpc) is 3.13. The zero-order valence-corrected chi connectivity index (χ0v) is 18.6. The molecule has 1 aromatic heterocycles. The van der Waals surface area contributed by atoms with Gasteiger partial charge in [-0.2, -0.15) is 0 Å². The molecular weight excluding hydrogens is 458 g/mol. The van der Waals surface area contributed by atoms with Gasteiger partial charge < -0.3 is 19.4 Å². The number of nitrogens with one attached hydrogen (secondary N) is 1. The zero-order chi connectivity index (χ0) is 21.0. The van der Waals surface area contributed by atoms with Crippen molar-refractivity contribution in [2.24, 2.45) is 7.05 Å². The Labute approximate surface area is 182 Å². The fourth-order valence-corrected chi connectivity index (χ4v) is 3.61. The molecule has 0 saturated carbocycles. The van der Waals surface area contributed by atoms with Crippen molar-refractivity contribution < 1.29 is 14.3 Å². The number of carbonyl (C=O) groups excluding carboxylic acids is 1. The topological polar surface area (TPSA) is 65.4 Å². The second-order valence-electron chi connectivity index (χ2n) is 6.42. The fourth-order valence-electron chi connectivity index (χ4n) is 3.02. The molecule has 0 fully saturated rings. The number of rotatable bonds is 7. The average molecular weight is 479 g/mol. The molecule has 1 atom stereocenters. The lowest BCUT2D eigenvalue weighted by Gasteiger charge is -2.20. The minimum atomic E-state index is -0.404. The van der Waals surface area contributed by atoms with Crippen molar-refractivity contribution >= 4 is 33.4 Å². The summed E-state index contributed by atoms with van der Waals surface area (Å²) in [5, 5.41) is 3.71. The van der Waals surface area contributed by atoms with Crippen LogP contribution in [0, 0.1) is 0 Å². The van der Waals surface area contributed by atoms with Crippen LogP contribution < -0.4 is 14.8 Å². The summed E-state index contributed by atoms with van der Waals surface area (Å²) < 4.78 is 13.3. The van der Waals surface area contributed by atoms with E-state index in [-0.39, 0.29) is 12.3 Å². The number of ether oxygens (including phenoxy) is 2. The molecule has 29 heavy (non-hydrogen) atoms. The van der Waals surface area contributed by atoms with Crippen LogP contribution in [-0.2, 0) is 18.3 Å². The molecule has 2 aromatic carbocycles. The summed E-state index contributed by atoms with van der Waals surface area (Å²) in [5.74, 6) is 1.74. The highest BCUT2D eigenvalue weighted by Gasteiger charge is 2.22. The molecule has 0 saturated heterocycles. The van der Waals surface area contributed by atoms with E-state index < -0.39 is 6.04 Å². The number of imidazole rings is 1. The van der Waals surface area contributed by atoms with Crippen LogP contribution in [0.2, 0.25) is 5.02 Å². The molecule has 3 rings (SSSR count). The van der Waals surface area contributed by atoms with Gasteiger partial charge >= 0.3 is 0 Å². The molecule has 1 N–H and O–H groups in total. The summed E-state index contributed by atoms with van der Waals surface area (Å²) in [6, 6.07) is 10.5. The molecule has 152 valence electrons. The lowest BCUT2D eigenvalue weighted by Crippen LogP contribution is -2.32. The number of carbonyl (C=O) groups is 1.